The molecule has 0 aromatic heterocycles. The van der Waals surface area contributed by atoms with Crippen LogP contribution in [0.3, 0.4) is 0 Å². The summed E-state index contributed by atoms with van der Waals surface area (Å²) in [7, 11) is 0. The molecule has 0 saturated carbocycles. The van der Waals surface area contributed by atoms with Gasteiger partial charge in [0.15, 0.2) is 0 Å². The van der Waals surface area contributed by atoms with Crippen LogP contribution in [-0.2, 0) is 4.74 Å². The number of hydrogen-bond donors (Lipinski definition) is 0. The summed E-state index contributed by atoms with van der Waals surface area (Å²) < 4.78 is 6.00. The summed E-state index contributed by atoms with van der Waals surface area (Å²) in [6, 6.07) is 0. The van der Waals surface area contributed by atoms with Gasteiger partial charge >= 0.3 is 0 Å². The monoisotopic (exact) mass is 279 g/mol. The van der Waals surface area contributed by atoms with Gasteiger partial charge in [-0.05, 0) is 36.8 Å². The Labute approximate surface area is 124 Å². The summed E-state index contributed by atoms with van der Waals surface area (Å²) >= 11 is 0. The van der Waals surface area contributed by atoms with Gasteiger partial charge in [-0.1, -0.05) is 59.0 Å². The molecule has 0 amide bonds. The molecule has 0 heterocycles. The van der Waals surface area contributed by atoms with Crippen molar-refractivity contribution in [2.75, 3.05) is 6.61 Å². The third-order valence-corrected chi connectivity index (χ3v) is 4.32. The minimum atomic E-state index is -0.605. The van der Waals surface area contributed by atoms with E-state index in [1.807, 2.05) is 13.0 Å². The molecular formula is C18H31O2-. The summed E-state index contributed by atoms with van der Waals surface area (Å²) in [5.74, 6) is 1.06. The van der Waals surface area contributed by atoms with Crippen LogP contribution in [0.1, 0.15) is 72.6 Å². The van der Waals surface area contributed by atoms with Crippen molar-refractivity contribution < 1.29 is 9.84 Å². The third kappa shape index (κ3) is 4.97. The minimum Gasteiger partial charge on any atom is -0.849 e. The maximum Gasteiger partial charge on any atom is 0.121 e. The Bertz CT molecular complexity index is 341. The lowest BCUT2D eigenvalue weighted by atomic mass is 9.86. The molecule has 0 aromatic rings. The van der Waals surface area contributed by atoms with Crippen LogP contribution in [0, 0.1) is 5.92 Å². The van der Waals surface area contributed by atoms with E-state index in [-0.39, 0.29) is 5.92 Å². The molecule has 2 nitrogen and oxygen atoms in total. The first-order valence-corrected chi connectivity index (χ1v) is 8.32. The number of rotatable bonds is 9. The molecule has 20 heavy (non-hydrogen) atoms. The molecule has 0 aromatic carbocycles. The molecule has 0 fully saturated rings. The van der Waals surface area contributed by atoms with E-state index in [2.05, 4.69) is 20.8 Å². The molecule has 0 spiro atoms. The topological polar surface area (TPSA) is 32.3 Å². The first-order valence-electron chi connectivity index (χ1n) is 8.32. The SMILES string of the molecule is CCCCCCCCOC1=C(C)C(C)C([O-])C=C1CC. The van der Waals surface area contributed by atoms with Gasteiger partial charge in [0, 0.05) is 0 Å². The zero-order valence-corrected chi connectivity index (χ0v) is 13.7. The van der Waals surface area contributed by atoms with Gasteiger partial charge in [-0.3, -0.25) is 0 Å². The van der Waals surface area contributed by atoms with Crippen LogP contribution in [-0.4, -0.2) is 12.7 Å². The molecule has 0 radical (unpaired) electrons. The number of unbranched alkanes of at least 4 members (excludes halogenated alkanes) is 5. The van der Waals surface area contributed by atoms with Gasteiger partial charge in [-0.2, -0.15) is 0 Å². The molecular weight excluding hydrogens is 248 g/mol. The minimum absolute atomic E-state index is 0.0601. The highest BCUT2D eigenvalue weighted by Crippen LogP contribution is 2.31. The highest BCUT2D eigenvalue weighted by Gasteiger charge is 2.20. The summed E-state index contributed by atoms with van der Waals surface area (Å²) in [5.41, 5.74) is 2.24. The van der Waals surface area contributed by atoms with Crippen LogP contribution in [0.5, 0.6) is 0 Å². The van der Waals surface area contributed by atoms with Crippen LogP contribution >= 0.6 is 0 Å². The Morgan fingerprint density at radius 3 is 2.40 bits per heavy atom. The molecule has 1 aliphatic rings. The summed E-state index contributed by atoms with van der Waals surface area (Å²) in [6.07, 6.45) is 9.79. The Morgan fingerprint density at radius 1 is 1.10 bits per heavy atom. The Morgan fingerprint density at radius 2 is 1.75 bits per heavy atom. The summed E-state index contributed by atoms with van der Waals surface area (Å²) in [6.45, 7) is 9.17. The van der Waals surface area contributed by atoms with Gasteiger partial charge in [0.05, 0.1) is 6.61 Å². The van der Waals surface area contributed by atoms with E-state index in [0.29, 0.717) is 0 Å². The van der Waals surface area contributed by atoms with Gasteiger partial charge in [0.1, 0.15) is 5.76 Å². The van der Waals surface area contributed by atoms with Crippen LogP contribution in [0.4, 0.5) is 0 Å². The maximum atomic E-state index is 11.9. The van der Waals surface area contributed by atoms with Gasteiger partial charge in [0.2, 0.25) is 0 Å². The van der Waals surface area contributed by atoms with Gasteiger partial charge in [-0.25, -0.2) is 0 Å². The van der Waals surface area contributed by atoms with E-state index in [1.165, 1.54) is 32.1 Å². The molecule has 2 heteroatoms. The van der Waals surface area contributed by atoms with E-state index in [9.17, 15) is 5.11 Å². The smallest absolute Gasteiger partial charge is 0.121 e. The van der Waals surface area contributed by atoms with Crippen molar-refractivity contribution in [2.24, 2.45) is 5.92 Å². The van der Waals surface area contributed by atoms with E-state index in [4.69, 9.17) is 4.74 Å². The number of hydrogen-bond acceptors (Lipinski definition) is 2. The fourth-order valence-corrected chi connectivity index (χ4v) is 2.67. The first kappa shape index (κ1) is 17.3. The molecule has 2 unspecified atom stereocenters. The van der Waals surface area contributed by atoms with Crippen molar-refractivity contribution in [3.8, 4) is 0 Å². The molecule has 2 atom stereocenters. The highest BCUT2D eigenvalue weighted by atomic mass is 16.5. The quantitative estimate of drug-likeness (QED) is 0.588. The van der Waals surface area contributed by atoms with E-state index < -0.39 is 6.10 Å². The summed E-state index contributed by atoms with van der Waals surface area (Å²) in [4.78, 5) is 0. The fraction of sp³-hybridized carbons (Fsp3) is 0.778. The lowest BCUT2D eigenvalue weighted by Crippen LogP contribution is -2.34. The molecule has 0 aliphatic heterocycles. The van der Waals surface area contributed by atoms with Gasteiger partial charge < -0.3 is 9.84 Å². The van der Waals surface area contributed by atoms with Crippen LogP contribution in [0.25, 0.3) is 0 Å². The second kappa shape index (κ2) is 9.23. The Kier molecular flexibility index (Phi) is 7.98. The van der Waals surface area contributed by atoms with Crippen LogP contribution < -0.4 is 5.11 Å². The van der Waals surface area contributed by atoms with Crippen molar-refractivity contribution >= 4 is 0 Å². The molecule has 0 N–H and O–H groups in total. The zero-order chi connectivity index (χ0) is 15.0. The van der Waals surface area contributed by atoms with Gasteiger partial charge in [0.25, 0.3) is 0 Å². The molecule has 1 rings (SSSR count). The largest absolute Gasteiger partial charge is 0.849 e. The third-order valence-electron chi connectivity index (χ3n) is 4.32. The van der Waals surface area contributed by atoms with Crippen molar-refractivity contribution in [1.29, 1.82) is 0 Å². The van der Waals surface area contributed by atoms with Crippen molar-refractivity contribution in [3.63, 3.8) is 0 Å². The van der Waals surface area contributed by atoms with E-state index in [1.54, 1.807) is 0 Å². The average molecular weight is 279 g/mol. The first-order chi connectivity index (χ1) is 9.61. The maximum absolute atomic E-state index is 11.9. The van der Waals surface area contributed by atoms with Gasteiger partial charge in [-0.15, -0.1) is 6.10 Å². The average Bonchev–Trinajstić information content (AvgIpc) is 2.45. The van der Waals surface area contributed by atoms with Crippen molar-refractivity contribution in [3.05, 3.63) is 23.0 Å². The second-order valence-corrected chi connectivity index (χ2v) is 5.93. The predicted octanol–water partition coefficient (Wildman–Crippen LogP) is 4.35. The van der Waals surface area contributed by atoms with E-state index >= 15 is 0 Å². The Balaban J connectivity index is 2.39. The number of allylic oxidation sites excluding steroid dienone is 1. The summed E-state index contributed by atoms with van der Waals surface area (Å²) in [5, 5.41) is 11.9. The molecule has 0 saturated heterocycles. The number of ether oxygens (including phenoxy) is 1. The lowest BCUT2D eigenvalue weighted by Gasteiger charge is -2.34. The fourth-order valence-electron chi connectivity index (χ4n) is 2.67. The highest BCUT2D eigenvalue weighted by molar-refractivity contribution is 5.36. The zero-order valence-electron chi connectivity index (χ0n) is 13.7. The second-order valence-electron chi connectivity index (χ2n) is 5.93. The lowest BCUT2D eigenvalue weighted by molar-refractivity contribution is -0.412. The molecule has 116 valence electrons. The standard InChI is InChI=1S/C18H31O2/c1-5-7-8-9-10-11-12-20-18-15(4)14(3)17(19)13-16(18)6-2/h13-14,17H,5-12H2,1-4H3/q-1. The van der Waals surface area contributed by atoms with Crippen molar-refractivity contribution in [2.45, 2.75) is 78.7 Å². The molecule has 0 bridgehead atoms. The molecule has 1 aliphatic carbocycles. The van der Waals surface area contributed by atoms with Crippen molar-refractivity contribution in [1.82, 2.24) is 0 Å². The van der Waals surface area contributed by atoms with Crippen LogP contribution in [0.2, 0.25) is 0 Å². The van der Waals surface area contributed by atoms with E-state index in [0.717, 1.165) is 36.4 Å². The normalized spacial score (nSPS) is 22.9. The predicted molar refractivity (Wildman–Crippen MR) is 83.4 cm³/mol. The van der Waals surface area contributed by atoms with Crippen LogP contribution in [0.15, 0.2) is 23.0 Å². The Hall–Kier alpha value is -0.760.